The van der Waals surface area contributed by atoms with E-state index in [-0.39, 0.29) is 6.61 Å². The second-order valence-corrected chi connectivity index (χ2v) is 6.72. The van der Waals surface area contributed by atoms with E-state index in [1.807, 2.05) is 0 Å². The minimum Gasteiger partial charge on any atom is -0.462 e. The van der Waals surface area contributed by atoms with E-state index in [9.17, 15) is 10.4 Å². The second-order valence-electron chi connectivity index (χ2n) is 6.72. The van der Waals surface area contributed by atoms with Gasteiger partial charge in [0.2, 0.25) is 0 Å². The van der Waals surface area contributed by atoms with Gasteiger partial charge in [-0.25, -0.2) is 0 Å². The number of furan rings is 1. The summed E-state index contributed by atoms with van der Waals surface area (Å²) in [5, 5.41) is 18.5. The third-order valence-corrected chi connectivity index (χ3v) is 5.62. The smallest absolute Gasteiger partial charge is 0.130 e. The van der Waals surface area contributed by atoms with Gasteiger partial charge in [0.05, 0.1) is 5.56 Å². The SMILES string of the molecule is N#Cc1cc(CO)oc1C1C2CC3CC(C2)CC1C3. The predicted octanol–water partition coefficient (Wildman–Crippen LogP) is 3.18. The van der Waals surface area contributed by atoms with Gasteiger partial charge in [-0.05, 0) is 55.8 Å². The molecular formula is C16H19NO2. The molecule has 0 saturated heterocycles. The molecule has 3 heteroatoms. The molecule has 5 rings (SSSR count). The Hall–Kier alpha value is -1.27. The highest BCUT2D eigenvalue weighted by molar-refractivity contribution is 5.37. The number of aliphatic hydroxyl groups is 1. The van der Waals surface area contributed by atoms with Crippen molar-refractivity contribution in [2.24, 2.45) is 23.7 Å². The Kier molecular flexibility index (Phi) is 2.50. The highest BCUT2D eigenvalue weighted by Gasteiger charge is 2.50. The van der Waals surface area contributed by atoms with Crippen LogP contribution >= 0.6 is 0 Å². The van der Waals surface area contributed by atoms with Gasteiger partial charge < -0.3 is 9.52 Å². The van der Waals surface area contributed by atoms with E-state index < -0.39 is 0 Å². The molecule has 0 unspecified atom stereocenters. The molecule has 4 aliphatic carbocycles. The Labute approximate surface area is 113 Å². The Bertz CT molecular complexity index is 511. The lowest BCUT2D eigenvalue weighted by Crippen LogP contribution is -2.43. The van der Waals surface area contributed by atoms with Crippen molar-refractivity contribution in [2.45, 2.75) is 44.6 Å². The van der Waals surface area contributed by atoms with Crippen molar-refractivity contribution >= 4 is 0 Å². The Morgan fingerprint density at radius 2 is 1.79 bits per heavy atom. The molecule has 1 N–H and O–H groups in total. The lowest BCUT2D eigenvalue weighted by Gasteiger charge is -2.53. The normalized spacial score (nSPS) is 39.5. The van der Waals surface area contributed by atoms with Crippen molar-refractivity contribution in [1.82, 2.24) is 0 Å². The first-order valence-corrected chi connectivity index (χ1v) is 7.42. The highest BCUT2D eigenvalue weighted by Crippen LogP contribution is 2.60. The van der Waals surface area contributed by atoms with Gasteiger partial charge in [-0.1, -0.05) is 0 Å². The van der Waals surface area contributed by atoms with Crippen molar-refractivity contribution in [2.75, 3.05) is 0 Å². The van der Waals surface area contributed by atoms with E-state index in [0.29, 0.717) is 29.1 Å². The van der Waals surface area contributed by atoms with Crippen LogP contribution in [0, 0.1) is 35.0 Å². The van der Waals surface area contributed by atoms with Crippen LogP contribution in [0.15, 0.2) is 10.5 Å². The number of aliphatic hydroxyl groups excluding tert-OH is 1. The summed E-state index contributed by atoms with van der Waals surface area (Å²) in [4.78, 5) is 0. The van der Waals surface area contributed by atoms with Crippen LogP contribution in [-0.4, -0.2) is 5.11 Å². The molecule has 4 aliphatic rings. The molecule has 1 aromatic heterocycles. The summed E-state index contributed by atoms with van der Waals surface area (Å²) in [6.45, 7) is -0.109. The van der Waals surface area contributed by atoms with Crippen molar-refractivity contribution in [3.8, 4) is 6.07 Å². The maximum Gasteiger partial charge on any atom is 0.130 e. The van der Waals surface area contributed by atoms with Gasteiger partial charge in [-0.3, -0.25) is 0 Å². The van der Waals surface area contributed by atoms with Gasteiger partial charge >= 0.3 is 0 Å². The largest absolute Gasteiger partial charge is 0.462 e. The standard InChI is InChI=1S/C16H19NO2/c17-7-13-6-14(8-18)19-16(13)15-11-2-9-1-10(4-11)5-12(15)3-9/h6,9-12,15,18H,1-5,8H2. The molecule has 4 bridgehead atoms. The van der Waals surface area contributed by atoms with Gasteiger partial charge in [0.1, 0.15) is 24.2 Å². The van der Waals surface area contributed by atoms with E-state index in [0.717, 1.165) is 17.6 Å². The Morgan fingerprint density at radius 3 is 2.32 bits per heavy atom. The predicted molar refractivity (Wildman–Crippen MR) is 69.1 cm³/mol. The number of rotatable bonds is 2. The molecule has 4 fully saturated rings. The second kappa shape index (κ2) is 4.11. The summed E-state index contributed by atoms with van der Waals surface area (Å²) in [5.41, 5.74) is 0.654. The monoisotopic (exact) mass is 257 g/mol. The minimum atomic E-state index is -0.109. The van der Waals surface area contributed by atoms with E-state index >= 15 is 0 Å². The van der Waals surface area contributed by atoms with Crippen molar-refractivity contribution in [3.63, 3.8) is 0 Å². The maximum atomic E-state index is 9.29. The van der Waals surface area contributed by atoms with Gasteiger partial charge in [0.25, 0.3) is 0 Å². The van der Waals surface area contributed by atoms with Crippen molar-refractivity contribution < 1.29 is 9.52 Å². The Balaban J connectivity index is 1.73. The maximum absolute atomic E-state index is 9.29. The number of nitriles is 1. The van der Waals surface area contributed by atoms with Gasteiger partial charge in [0, 0.05) is 12.0 Å². The molecule has 3 nitrogen and oxygen atoms in total. The fraction of sp³-hybridized carbons (Fsp3) is 0.688. The zero-order chi connectivity index (χ0) is 13.0. The molecule has 19 heavy (non-hydrogen) atoms. The quantitative estimate of drug-likeness (QED) is 0.885. The van der Waals surface area contributed by atoms with Gasteiger partial charge in [0.15, 0.2) is 0 Å². The van der Waals surface area contributed by atoms with Crippen LogP contribution in [-0.2, 0) is 6.61 Å². The average molecular weight is 257 g/mol. The van der Waals surface area contributed by atoms with Crippen LogP contribution in [0.3, 0.4) is 0 Å². The molecule has 1 aromatic rings. The molecular weight excluding hydrogens is 238 g/mol. The number of hydrogen-bond acceptors (Lipinski definition) is 3. The van der Waals surface area contributed by atoms with Gasteiger partial charge in [-0.2, -0.15) is 5.26 Å². The molecule has 0 aliphatic heterocycles. The first kappa shape index (κ1) is 11.5. The third kappa shape index (κ3) is 1.66. The lowest BCUT2D eigenvalue weighted by molar-refractivity contribution is -0.0104. The van der Waals surface area contributed by atoms with E-state index in [1.165, 1.54) is 32.1 Å². The fourth-order valence-corrected chi connectivity index (χ4v) is 5.22. The fourth-order valence-electron chi connectivity index (χ4n) is 5.22. The van der Waals surface area contributed by atoms with Crippen LogP contribution < -0.4 is 0 Å². The molecule has 0 radical (unpaired) electrons. The molecule has 4 saturated carbocycles. The van der Waals surface area contributed by atoms with Crippen LogP contribution in [0.25, 0.3) is 0 Å². The van der Waals surface area contributed by atoms with E-state index in [4.69, 9.17) is 4.42 Å². The first-order chi connectivity index (χ1) is 9.28. The number of nitrogens with zero attached hydrogens (tertiary/aromatic N) is 1. The molecule has 0 amide bonds. The van der Waals surface area contributed by atoms with E-state index in [1.54, 1.807) is 6.07 Å². The summed E-state index contributed by atoms with van der Waals surface area (Å²) in [6, 6.07) is 3.98. The summed E-state index contributed by atoms with van der Waals surface area (Å²) in [6.07, 6.45) is 6.70. The average Bonchev–Trinajstić information content (AvgIpc) is 2.81. The third-order valence-electron chi connectivity index (χ3n) is 5.62. The zero-order valence-electron chi connectivity index (χ0n) is 11.0. The summed E-state index contributed by atoms with van der Waals surface area (Å²) >= 11 is 0. The summed E-state index contributed by atoms with van der Waals surface area (Å²) < 4.78 is 5.81. The van der Waals surface area contributed by atoms with Crippen molar-refractivity contribution in [3.05, 3.63) is 23.2 Å². The number of hydrogen-bond donors (Lipinski definition) is 1. The topological polar surface area (TPSA) is 57.2 Å². The van der Waals surface area contributed by atoms with Crippen LogP contribution in [0.1, 0.15) is 55.1 Å². The summed E-state index contributed by atoms with van der Waals surface area (Å²) in [5.74, 6) is 5.12. The molecule has 0 atom stereocenters. The molecule has 0 aromatic carbocycles. The molecule has 1 heterocycles. The first-order valence-electron chi connectivity index (χ1n) is 7.42. The van der Waals surface area contributed by atoms with Gasteiger partial charge in [-0.15, -0.1) is 0 Å². The zero-order valence-corrected chi connectivity index (χ0v) is 11.0. The van der Waals surface area contributed by atoms with Crippen LogP contribution in [0.2, 0.25) is 0 Å². The van der Waals surface area contributed by atoms with Crippen LogP contribution in [0.4, 0.5) is 0 Å². The highest BCUT2D eigenvalue weighted by atomic mass is 16.4. The summed E-state index contributed by atoms with van der Waals surface area (Å²) in [7, 11) is 0. The van der Waals surface area contributed by atoms with E-state index in [2.05, 4.69) is 6.07 Å². The Morgan fingerprint density at radius 1 is 1.16 bits per heavy atom. The molecule has 100 valence electrons. The van der Waals surface area contributed by atoms with Crippen molar-refractivity contribution in [1.29, 1.82) is 5.26 Å². The lowest BCUT2D eigenvalue weighted by atomic mass is 9.51. The molecule has 0 spiro atoms. The van der Waals surface area contributed by atoms with Crippen LogP contribution in [0.5, 0.6) is 0 Å². The minimum absolute atomic E-state index is 0.109.